The van der Waals surface area contributed by atoms with Crippen LogP contribution in [0.4, 0.5) is 0 Å². The first-order valence-corrected chi connectivity index (χ1v) is 7.81. The summed E-state index contributed by atoms with van der Waals surface area (Å²) in [5.74, 6) is 1.19. The van der Waals surface area contributed by atoms with Crippen molar-refractivity contribution >= 4 is 11.0 Å². The molecular weight excluding hydrogens is 260 g/mol. The van der Waals surface area contributed by atoms with Gasteiger partial charge in [0.05, 0.1) is 11.0 Å². The lowest BCUT2D eigenvalue weighted by atomic mass is 10.2. The van der Waals surface area contributed by atoms with Gasteiger partial charge in [0.1, 0.15) is 5.82 Å². The smallest absolute Gasteiger partial charge is 0.111 e. The lowest BCUT2D eigenvalue weighted by Crippen LogP contribution is -2.26. The lowest BCUT2D eigenvalue weighted by molar-refractivity contribution is 0.383. The van der Waals surface area contributed by atoms with E-state index in [0.29, 0.717) is 6.04 Å². The summed E-state index contributed by atoms with van der Waals surface area (Å²) in [6.45, 7) is 9.48. The highest BCUT2D eigenvalue weighted by Crippen LogP contribution is 2.18. The first kappa shape index (κ1) is 16.0. The second kappa shape index (κ2) is 7.05. The van der Waals surface area contributed by atoms with E-state index >= 15 is 0 Å². The van der Waals surface area contributed by atoms with Crippen LogP contribution in [-0.4, -0.2) is 47.7 Å². The Morgan fingerprint density at radius 1 is 1.29 bits per heavy atom. The van der Waals surface area contributed by atoms with E-state index in [2.05, 4.69) is 67.8 Å². The van der Waals surface area contributed by atoms with Crippen LogP contribution < -0.4 is 5.32 Å². The quantitative estimate of drug-likeness (QED) is 0.849. The van der Waals surface area contributed by atoms with Gasteiger partial charge in [-0.1, -0.05) is 19.9 Å². The fourth-order valence-electron chi connectivity index (χ4n) is 2.50. The molecule has 0 radical (unpaired) electrons. The van der Waals surface area contributed by atoms with Crippen molar-refractivity contribution in [3.8, 4) is 0 Å². The average Bonchev–Trinajstić information content (AvgIpc) is 2.72. The number of benzene rings is 1. The van der Waals surface area contributed by atoms with Crippen molar-refractivity contribution in [2.45, 2.75) is 39.8 Å². The Hall–Kier alpha value is -1.39. The number of rotatable bonds is 7. The van der Waals surface area contributed by atoms with E-state index in [1.165, 1.54) is 16.9 Å². The Balaban J connectivity index is 2.25. The number of likely N-dealkylation sites (N-methyl/N-ethyl adjacent to an activating group) is 1. The summed E-state index contributed by atoms with van der Waals surface area (Å²) < 4.78 is 2.37. The maximum atomic E-state index is 4.85. The Morgan fingerprint density at radius 3 is 2.71 bits per heavy atom. The number of hydrogen-bond donors (Lipinski definition) is 1. The molecule has 4 heteroatoms. The average molecular weight is 288 g/mol. The fraction of sp³-hybridized carbons (Fsp3) is 0.588. The van der Waals surface area contributed by atoms with Crippen LogP contribution in [0.2, 0.25) is 0 Å². The highest BCUT2D eigenvalue weighted by atomic mass is 15.1. The van der Waals surface area contributed by atoms with Crippen molar-refractivity contribution in [3.63, 3.8) is 0 Å². The van der Waals surface area contributed by atoms with Crippen molar-refractivity contribution < 1.29 is 0 Å². The molecule has 0 aliphatic rings. The van der Waals surface area contributed by atoms with E-state index in [1.807, 2.05) is 0 Å². The minimum atomic E-state index is 0.520. The molecule has 1 aromatic heterocycles. The largest absolute Gasteiger partial charge is 0.327 e. The minimum absolute atomic E-state index is 0.520. The standard InChI is InChI=1S/C17H28N4/c1-13(2)18-9-8-17-19-15-12-14(3)6-7-16(15)21(17)11-10-20(4)5/h6-7,12-13,18H,8-11H2,1-5H3. The van der Waals surface area contributed by atoms with Crippen LogP contribution in [-0.2, 0) is 13.0 Å². The zero-order chi connectivity index (χ0) is 15.4. The monoisotopic (exact) mass is 288 g/mol. The van der Waals surface area contributed by atoms with Crippen LogP contribution in [0.5, 0.6) is 0 Å². The Bertz CT molecular complexity index is 584. The highest BCUT2D eigenvalue weighted by Gasteiger charge is 2.11. The predicted octanol–water partition coefficient (Wildman–Crippen LogP) is 2.45. The molecule has 0 spiro atoms. The van der Waals surface area contributed by atoms with Gasteiger partial charge in [-0.25, -0.2) is 4.98 Å². The third-order valence-electron chi connectivity index (χ3n) is 3.65. The van der Waals surface area contributed by atoms with E-state index in [1.54, 1.807) is 0 Å². The molecule has 0 amide bonds. The number of fused-ring (bicyclic) bond motifs is 1. The minimum Gasteiger partial charge on any atom is -0.327 e. The molecular formula is C17H28N4. The van der Waals surface area contributed by atoms with Gasteiger partial charge < -0.3 is 14.8 Å². The number of aromatic nitrogens is 2. The van der Waals surface area contributed by atoms with Crippen molar-refractivity contribution in [1.82, 2.24) is 19.8 Å². The molecule has 21 heavy (non-hydrogen) atoms. The van der Waals surface area contributed by atoms with Crippen molar-refractivity contribution in [3.05, 3.63) is 29.6 Å². The second-order valence-corrected chi connectivity index (χ2v) is 6.33. The zero-order valence-corrected chi connectivity index (χ0v) is 14.0. The number of hydrogen-bond acceptors (Lipinski definition) is 3. The van der Waals surface area contributed by atoms with Crippen molar-refractivity contribution in [1.29, 1.82) is 0 Å². The normalized spacial score (nSPS) is 12.0. The van der Waals surface area contributed by atoms with Crippen molar-refractivity contribution in [2.75, 3.05) is 27.2 Å². The molecule has 0 atom stereocenters. The van der Waals surface area contributed by atoms with Gasteiger partial charge in [0.15, 0.2) is 0 Å². The lowest BCUT2D eigenvalue weighted by Gasteiger charge is -2.14. The number of nitrogens with zero attached hydrogens (tertiary/aromatic N) is 3. The van der Waals surface area contributed by atoms with Gasteiger partial charge in [-0.3, -0.25) is 0 Å². The molecule has 116 valence electrons. The Kier molecular flexibility index (Phi) is 5.37. The molecule has 1 N–H and O–H groups in total. The second-order valence-electron chi connectivity index (χ2n) is 6.33. The van der Waals surface area contributed by atoms with Gasteiger partial charge in [-0.15, -0.1) is 0 Å². The van der Waals surface area contributed by atoms with E-state index < -0.39 is 0 Å². The molecule has 1 heterocycles. The van der Waals surface area contributed by atoms with Gasteiger partial charge in [0, 0.05) is 32.1 Å². The topological polar surface area (TPSA) is 33.1 Å². The molecule has 0 saturated carbocycles. The van der Waals surface area contributed by atoms with E-state index in [0.717, 1.165) is 31.6 Å². The number of imidazole rings is 1. The maximum absolute atomic E-state index is 4.85. The van der Waals surface area contributed by atoms with Crippen LogP contribution >= 0.6 is 0 Å². The molecule has 1 aromatic carbocycles. The molecule has 0 aliphatic heterocycles. The van der Waals surface area contributed by atoms with Crippen LogP contribution in [0.1, 0.15) is 25.2 Å². The summed E-state index contributed by atoms with van der Waals surface area (Å²) in [6, 6.07) is 7.08. The maximum Gasteiger partial charge on any atom is 0.111 e. The van der Waals surface area contributed by atoms with E-state index in [-0.39, 0.29) is 0 Å². The molecule has 0 bridgehead atoms. The van der Waals surface area contributed by atoms with Gasteiger partial charge in [-0.05, 0) is 38.7 Å². The SMILES string of the molecule is Cc1ccc2c(c1)nc(CCNC(C)C)n2CCN(C)C. The molecule has 4 nitrogen and oxygen atoms in total. The highest BCUT2D eigenvalue weighted by molar-refractivity contribution is 5.76. The summed E-state index contributed by atoms with van der Waals surface area (Å²) >= 11 is 0. The zero-order valence-electron chi connectivity index (χ0n) is 14.0. The summed E-state index contributed by atoms with van der Waals surface area (Å²) in [4.78, 5) is 7.07. The Labute approximate surface area is 128 Å². The Morgan fingerprint density at radius 2 is 2.05 bits per heavy atom. The van der Waals surface area contributed by atoms with E-state index in [9.17, 15) is 0 Å². The summed E-state index contributed by atoms with van der Waals surface area (Å²) in [7, 11) is 4.23. The van der Waals surface area contributed by atoms with Gasteiger partial charge >= 0.3 is 0 Å². The number of nitrogens with one attached hydrogen (secondary N) is 1. The van der Waals surface area contributed by atoms with Crippen LogP contribution in [0.25, 0.3) is 11.0 Å². The molecule has 0 fully saturated rings. The van der Waals surface area contributed by atoms with Crippen LogP contribution in [0.15, 0.2) is 18.2 Å². The first-order chi connectivity index (χ1) is 9.97. The summed E-state index contributed by atoms with van der Waals surface area (Å²) in [5, 5.41) is 3.48. The third kappa shape index (κ3) is 4.29. The van der Waals surface area contributed by atoms with Crippen molar-refractivity contribution in [2.24, 2.45) is 0 Å². The molecule has 0 unspecified atom stereocenters. The molecule has 2 rings (SSSR count). The fourth-order valence-corrected chi connectivity index (χ4v) is 2.50. The van der Waals surface area contributed by atoms with Gasteiger partial charge in [0.25, 0.3) is 0 Å². The summed E-state index contributed by atoms with van der Waals surface area (Å²) in [6.07, 6.45) is 0.972. The van der Waals surface area contributed by atoms with Gasteiger partial charge in [-0.2, -0.15) is 0 Å². The third-order valence-corrected chi connectivity index (χ3v) is 3.65. The summed E-state index contributed by atoms with van der Waals surface area (Å²) in [5.41, 5.74) is 3.64. The number of aryl methyl sites for hydroxylation is 1. The van der Waals surface area contributed by atoms with Crippen LogP contribution in [0.3, 0.4) is 0 Å². The molecule has 0 saturated heterocycles. The molecule has 0 aliphatic carbocycles. The van der Waals surface area contributed by atoms with E-state index in [4.69, 9.17) is 4.98 Å². The predicted molar refractivity (Wildman–Crippen MR) is 89.9 cm³/mol. The molecule has 2 aromatic rings. The van der Waals surface area contributed by atoms with Crippen LogP contribution in [0, 0.1) is 6.92 Å². The van der Waals surface area contributed by atoms with Gasteiger partial charge in [0.2, 0.25) is 0 Å². The first-order valence-electron chi connectivity index (χ1n) is 7.81.